The van der Waals surface area contributed by atoms with Gasteiger partial charge in [-0.25, -0.2) is 8.42 Å². The summed E-state index contributed by atoms with van der Waals surface area (Å²) in [7, 11) is -3.69. The van der Waals surface area contributed by atoms with Crippen molar-refractivity contribution in [2.75, 3.05) is 18.4 Å². The molecule has 1 heterocycles. The monoisotopic (exact) mass is 464 g/mol. The van der Waals surface area contributed by atoms with Crippen molar-refractivity contribution < 1.29 is 18.0 Å². The zero-order valence-corrected chi connectivity index (χ0v) is 17.8. The predicted molar refractivity (Wildman–Crippen MR) is 111 cm³/mol. The number of rotatable bonds is 5. The number of anilines is 1. The van der Waals surface area contributed by atoms with Gasteiger partial charge in [0.05, 0.1) is 10.6 Å². The number of carbonyl (C=O) groups excluding carboxylic acids is 2. The molecular weight excluding hydrogens is 444 g/mol. The van der Waals surface area contributed by atoms with Crippen molar-refractivity contribution in [3.05, 3.63) is 58.6 Å². The van der Waals surface area contributed by atoms with Crippen LogP contribution in [0.5, 0.6) is 0 Å². The van der Waals surface area contributed by atoms with Crippen LogP contribution in [0.2, 0.25) is 0 Å². The number of sulfonamides is 1. The second-order valence-electron chi connectivity index (χ2n) is 6.73. The van der Waals surface area contributed by atoms with Gasteiger partial charge in [-0.15, -0.1) is 0 Å². The molecule has 0 saturated carbocycles. The quantitative estimate of drug-likeness (QED) is 0.683. The fourth-order valence-corrected chi connectivity index (χ4v) is 5.08. The van der Waals surface area contributed by atoms with Crippen LogP contribution in [0.25, 0.3) is 0 Å². The van der Waals surface area contributed by atoms with E-state index < -0.39 is 10.0 Å². The Morgan fingerprint density at radius 2 is 1.75 bits per heavy atom. The van der Waals surface area contributed by atoms with Crippen molar-refractivity contribution in [2.45, 2.75) is 24.7 Å². The van der Waals surface area contributed by atoms with Gasteiger partial charge < -0.3 is 5.32 Å². The van der Waals surface area contributed by atoms with Crippen molar-refractivity contribution in [3.63, 3.8) is 0 Å². The molecule has 1 fully saturated rings. The van der Waals surface area contributed by atoms with Gasteiger partial charge in [0.2, 0.25) is 15.9 Å². The third-order valence-electron chi connectivity index (χ3n) is 4.83. The van der Waals surface area contributed by atoms with E-state index in [0.717, 1.165) is 4.47 Å². The molecule has 6 nitrogen and oxygen atoms in total. The lowest BCUT2D eigenvalue weighted by Gasteiger charge is -2.30. The zero-order valence-electron chi connectivity index (χ0n) is 15.4. The summed E-state index contributed by atoms with van der Waals surface area (Å²) in [5.41, 5.74) is 1.06. The summed E-state index contributed by atoms with van der Waals surface area (Å²) in [4.78, 5) is 24.2. The van der Waals surface area contributed by atoms with Crippen molar-refractivity contribution in [1.82, 2.24) is 4.31 Å². The molecule has 8 heteroatoms. The Morgan fingerprint density at radius 1 is 1.07 bits per heavy atom. The van der Waals surface area contributed by atoms with E-state index in [2.05, 4.69) is 21.2 Å². The topological polar surface area (TPSA) is 83.6 Å². The van der Waals surface area contributed by atoms with Crippen LogP contribution < -0.4 is 5.32 Å². The van der Waals surface area contributed by atoms with E-state index in [1.165, 1.54) is 23.4 Å². The van der Waals surface area contributed by atoms with Crippen molar-refractivity contribution in [3.8, 4) is 0 Å². The maximum atomic E-state index is 12.9. The summed E-state index contributed by atoms with van der Waals surface area (Å²) >= 11 is 3.40. The number of para-hydroxylation sites is 1. The van der Waals surface area contributed by atoms with E-state index >= 15 is 0 Å². The highest BCUT2D eigenvalue weighted by atomic mass is 79.9. The molecule has 0 radical (unpaired) electrons. The molecule has 0 aromatic heterocycles. The minimum absolute atomic E-state index is 0.108. The number of benzene rings is 2. The Bertz CT molecular complexity index is 999. The summed E-state index contributed by atoms with van der Waals surface area (Å²) in [5.74, 6) is -0.538. The van der Waals surface area contributed by atoms with E-state index in [1.54, 1.807) is 12.1 Å². The Morgan fingerprint density at radius 3 is 2.39 bits per heavy atom. The van der Waals surface area contributed by atoms with Crippen LogP contribution in [-0.2, 0) is 14.8 Å². The fourth-order valence-electron chi connectivity index (χ4n) is 3.18. The first-order valence-corrected chi connectivity index (χ1v) is 11.2. The minimum Gasteiger partial charge on any atom is -0.325 e. The van der Waals surface area contributed by atoms with Crippen molar-refractivity contribution in [2.24, 2.45) is 5.92 Å². The highest BCUT2D eigenvalue weighted by Crippen LogP contribution is 2.27. The number of piperidine rings is 1. The minimum atomic E-state index is -3.69. The summed E-state index contributed by atoms with van der Waals surface area (Å²) in [6, 6.07) is 13.4. The van der Waals surface area contributed by atoms with Gasteiger partial charge in [-0.3, -0.25) is 9.59 Å². The fraction of sp³-hybridized carbons (Fsp3) is 0.300. The van der Waals surface area contributed by atoms with Gasteiger partial charge in [0.15, 0.2) is 5.78 Å². The van der Waals surface area contributed by atoms with E-state index in [4.69, 9.17) is 0 Å². The first-order valence-electron chi connectivity index (χ1n) is 8.95. The lowest BCUT2D eigenvalue weighted by Crippen LogP contribution is -2.41. The molecule has 3 rings (SSSR count). The van der Waals surface area contributed by atoms with Crippen LogP contribution in [-0.4, -0.2) is 37.5 Å². The van der Waals surface area contributed by atoms with E-state index in [0.29, 0.717) is 24.1 Å². The Kier molecular flexibility index (Phi) is 6.32. The van der Waals surface area contributed by atoms with Gasteiger partial charge in [0.25, 0.3) is 0 Å². The van der Waals surface area contributed by atoms with Gasteiger partial charge in [-0.05, 0) is 60.0 Å². The molecule has 1 N–H and O–H groups in total. The molecule has 0 spiro atoms. The maximum absolute atomic E-state index is 12.9. The molecule has 1 aliphatic heterocycles. The van der Waals surface area contributed by atoms with E-state index in [-0.39, 0.29) is 35.6 Å². The number of halogens is 1. The molecule has 0 bridgehead atoms. The molecule has 1 amide bonds. The predicted octanol–water partition coefficient (Wildman–Crippen LogP) is 3.69. The molecule has 1 aliphatic rings. The number of Topliss-reactive ketones (excluding diaryl/α,β-unsaturated/α-hetero) is 1. The molecule has 0 unspecified atom stereocenters. The smallest absolute Gasteiger partial charge is 0.243 e. The summed E-state index contributed by atoms with van der Waals surface area (Å²) in [6.07, 6.45) is 0.893. The van der Waals surface area contributed by atoms with Crippen molar-refractivity contribution >= 4 is 43.3 Å². The number of nitrogens with one attached hydrogen (secondary N) is 1. The van der Waals surface area contributed by atoms with E-state index in [1.807, 2.05) is 24.3 Å². The number of nitrogens with zero attached hydrogens (tertiary/aromatic N) is 1. The number of amides is 1. The number of hydrogen-bond donors (Lipinski definition) is 1. The average Bonchev–Trinajstić information content (AvgIpc) is 2.70. The molecule has 2 aromatic carbocycles. The SMILES string of the molecule is CC(=O)c1cccc(S(=O)(=O)N2CCC(C(=O)Nc3ccccc3Br)CC2)c1. The average molecular weight is 465 g/mol. The first kappa shape index (κ1) is 20.7. The highest BCUT2D eigenvalue weighted by Gasteiger charge is 2.32. The molecule has 0 atom stereocenters. The van der Waals surface area contributed by atoms with Crippen molar-refractivity contribution in [1.29, 1.82) is 0 Å². The van der Waals surface area contributed by atoms with Gasteiger partial charge in [-0.1, -0.05) is 24.3 Å². The lowest BCUT2D eigenvalue weighted by atomic mass is 9.97. The normalized spacial score (nSPS) is 15.9. The molecule has 28 heavy (non-hydrogen) atoms. The van der Waals surface area contributed by atoms with Crippen LogP contribution in [0.3, 0.4) is 0 Å². The van der Waals surface area contributed by atoms with Gasteiger partial charge in [-0.2, -0.15) is 4.31 Å². The van der Waals surface area contributed by atoms with Crippen LogP contribution in [0, 0.1) is 5.92 Å². The standard InChI is InChI=1S/C20H21BrN2O4S/c1-14(24)16-5-4-6-17(13-16)28(26,27)23-11-9-15(10-12-23)20(25)22-19-8-3-2-7-18(19)21/h2-8,13,15H,9-12H2,1H3,(H,22,25). The third kappa shape index (κ3) is 4.51. The molecular formula is C20H21BrN2O4S. The highest BCUT2D eigenvalue weighted by molar-refractivity contribution is 9.10. The van der Waals surface area contributed by atoms with Crippen LogP contribution in [0.15, 0.2) is 57.9 Å². The molecule has 148 valence electrons. The first-order chi connectivity index (χ1) is 13.3. The number of hydrogen-bond acceptors (Lipinski definition) is 4. The Hall–Kier alpha value is -2.03. The second-order valence-corrected chi connectivity index (χ2v) is 9.52. The molecule has 1 saturated heterocycles. The van der Waals surface area contributed by atoms with Gasteiger partial charge in [0, 0.05) is 29.0 Å². The van der Waals surface area contributed by atoms with Crippen LogP contribution in [0.4, 0.5) is 5.69 Å². The number of ketones is 1. The Labute approximate surface area is 173 Å². The van der Waals surface area contributed by atoms with Crippen LogP contribution in [0.1, 0.15) is 30.1 Å². The summed E-state index contributed by atoms with van der Waals surface area (Å²) in [6.45, 7) is 1.93. The van der Waals surface area contributed by atoms with E-state index in [9.17, 15) is 18.0 Å². The lowest BCUT2D eigenvalue weighted by molar-refractivity contribution is -0.120. The van der Waals surface area contributed by atoms with Crippen LogP contribution >= 0.6 is 15.9 Å². The number of carbonyl (C=O) groups is 2. The largest absolute Gasteiger partial charge is 0.325 e. The third-order valence-corrected chi connectivity index (χ3v) is 7.42. The van der Waals surface area contributed by atoms with Gasteiger partial charge in [0.1, 0.15) is 0 Å². The molecule has 2 aromatic rings. The Balaban J connectivity index is 1.66. The second kappa shape index (κ2) is 8.55. The zero-order chi connectivity index (χ0) is 20.3. The summed E-state index contributed by atoms with van der Waals surface area (Å²) in [5, 5.41) is 2.89. The maximum Gasteiger partial charge on any atom is 0.243 e. The van der Waals surface area contributed by atoms with Gasteiger partial charge >= 0.3 is 0 Å². The molecule has 0 aliphatic carbocycles. The summed E-state index contributed by atoms with van der Waals surface area (Å²) < 4.78 is 27.9.